The quantitative estimate of drug-likeness (QED) is 0.516. The zero-order valence-electron chi connectivity index (χ0n) is 14.8. The number of nitrogens with two attached hydrogens (primary N) is 1. The SMILES string of the molecule is CCOCC(=O)N[C@@H](CCCCNC(=O)c1ccc(C)cc1)C(N)=O. The van der Waals surface area contributed by atoms with Gasteiger partial charge in [-0.05, 0) is 45.2 Å². The lowest BCUT2D eigenvalue weighted by Crippen LogP contribution is -2.45. The second-order valence-corrected chi connectivity index (χ2v) is 5.78. The molecule has 1 rings (SSSR count). The third-order valence-electron chi connectivity index (χ3n) is 3.63. The van der Waals surface area contributed by atoms with E-state index in [0.29, 0.717) is 38.0 Å². The molecule has 0 radical (unpaired) electrons. The number of aryl methyl sites for hydroxylation is 1. The summed E-state index contributed by atoms with van der Waals surface area (Å²) in [6.07, 6.45) is 1.76. The number of nitrogens with one attached hydrogen (secondary N) is 2. The maximum absolute atomic E-state index is 12.0. The maximum atomic E-state index is 12.0. The molecule has 0 aromatic heterocycles. The fourth-order valence-corrected chi connectivity index (χ4v) is 2.20. The van der Waals surface area contributed by atoms with Gasteiger partial charge in [0.25, 0.3) is 5.91 Å². The minimum atomic E-state index is -0.722. The predicted octanol–water partition coefficient (Wildman–Crippen LogP) is 0.902. The van der Waals surface area contributed by atoms with Crippen molar-refractivity contribution in [2.75, 3.05) is 19.8 Å². The number of rotatable bonds is 11. The molecule has 0 fully saturated rings. The topological polar surface area (TPSA) is 111 Å². The standard InChI is InChI=1S/C18H27N3O4/c1-3-25-12-16(22)21-15(17(19)23)6-4-5-11-20-18(24)14-9-7-13(2)8-10-14/h7-10,15H,3-6,11-12H2,1-2H3,(H2,19,23)(H,20,24)(H,21,22)/t15-/m0/s1. The molecule has 0 spiro atoms. The normalized spacial score (nSPS) is 11.6. The van der Waals surface area contributed by atoms with Crippen LogP contribution in [0.5, 0.6) is 0 Å². The van der Waals surface area contributed by atoms with Crippen molar-refractivity contribution in [2.24, 2.45) is 5.73 Å². The van der Waals surface area contributed by atoms with E-state index in [1.807, 2.05) is 19.1 Å². The van der Waals surface area contributed by atoms with Crippen LogP contribution in [0.1, 0.15) is 42.1 Å². The van der Waals surface area contributed by atoms with Crippen molar-refractivity contribution in [1.82, 2.24) is 10.6 Å². The third kappa shape index (κ3) is 8.30. The molecule has 138 valence electrons. The van der Waals surface area contributed by atoms with E-state index in [2.05, 4.69) is 10.6 Å². The van der Waals surface area contributed by atoms with Gasteiger partial charge in [-0.1, -0.05) is 17.7 Å². The van der Waals surface area contributed by atoms with Crippen LogP contribution in [-0.4, -0.2) is 43.5 Å². The first-order valence-corrected chi connectivity index (χ1v) is 8.45. The first-order valence-electron chi connectivity index (χ1n) is 8.45. The smallest absolute Gasteiger partial charge is 0.251 e. The van der Waals surface area contributed by atoms with Crippen molar-refractivity contribution in [3.63, 3.8) is 0 Å². The van der Waals surface area contributed by atoms with E-state index in [-0.39, 0.29) is 18.4 Å². The van der Waals surface area contributed by atoms with Crippen LogP contribution in [-0.2, 0) is 14.3 Å². The van der Waals surface area contributed by atoms with Crippen LogP contribution in [0.4, 0.5) is 0 Å². The minimum Gasteiger partial charge on any atom is -0.372 e. The molecule has 0 bridgehead atoms. The van der Waals surface area contributed by atoms with E-state index in [1.165, 1.54) is 0 Å². The highest BCUT2D eigenvalue weighted by Gasteiger charge is 2.17. The Balaban J connectivity index is 2.27. The fraction of sp³-hybridized carbons (Fsp3) is 0.500. The molecule has 0 aliphatic heterocycles. The molecule has 7 nitrogen and oxygen atoms in total. The van der Waals surface area contributed by atoms with Crippen LogP contribution in [0.15, 0.2) is 24.3 Å². The van der Waals surface area contributed by atoms with Crippen molar-refractivity contribution < 1.29 is 19.1 Å². The van der Waals surface area contributed by atoms with Crippen LogP contribution in [0.3, 0.4) is 0 Å². The number of unbranched alkanes of at least 4 members (excludes halogenated alkanes) is 1. The number of carbonyl (C=O) groups is 3. The minimum absolute atomic E-state index is 0.0904. The Hall–Kier alpha value is -2.41. The van der Waals surface area contributed by atoms with Crippen molar-refractivity contribution >= 4 is 17.7 Å². The zero-order valence-corrected chi connectivity index (χ0v) is 14.8. The van der Waals surface area contributed by atoms with E-state index in [4.69, 9.17) is 10.5 Å². The van der Waals surface area contributed by atoms with Crippen LogP contribution in [0, 0.1) is 6.92 Å². The Morgan fingerprint density at radius 2 is 1.84 bits per heavy atom. The van der Waals surface area contributed by atoms with E-state index in [9.17, 15) is 14.4 Å². The molecule has 1 aromatic rings. The van der Waals surface area contributed by atoms with E-state index < -0.39 is 11.9 Å². The molecule has 0 saturated heterocycles. The monoisotopic (exact) mass is 349 g/mol. The molecule has 3 amide bonds. The van der Waals surface area contributed by atoms with Crippen molar-refractivity contribution in [2.45, 2.75) is 39.2 Å². The van der Waals surface area contributed by atoms with Crippen LogP contribution in [0.25, 0.3) is 0 Å². The summed E-state index contributed by atoms with van der Waals surface area (Å²) in [4.78, 5) is 34.9. The Morgan fingerprint density at radius 1 is 1.16 bits per heavy atom. The summed E-state index contributed by atoms with van der Waals surface area (Å²) in [5, 5.41) is 5.38. The molecule has 4 N–H and O–H groups in total. The largest absolute Gasteiger partial charge is 0.372 e. The average Bonchev–Trinajstić information content (AvgIpc) is 2.58. The van der Waals surface area contributed by atoms with Crippen molar-refractivity contribution in [3.05, 3.63) is 35.4 Å². The second kappa shape index (κ2) is 11.2. The zero-order chi connectivity index (χ0) is 18.7. The lowest BCUT2D eigenvalue weighted by molar-refractivity contribution is -0.130. The van der Waals surface area contributed by atoms with Gasteiger partial charge in [0.05, 0.1) is 0 Å². The summed E-state index contributed by atoms with van der Waals surface area (Å²) in [6.45, 7) is 4.57. The first kappa shape index (κ1) is 20.6. The van der Waals surface area contributed by atoms with Crippen LogP contribution < -0.4 is 16.4 Å². The highest BCUT2D eigenvalue weighted by molar-refractivity contribution is 5.94. The molecule has 25 heavy (non-hydrogen) atoms. The predicted molar refractivity (Wildman–Crippen MR) is 95.0 cm³/mol. The lowest BCUT2D eigenvalue weighted by Gasteiger charge is -2.15. The number of ether oxygens (including phenoxy) is 1. The molecule has 0 heterocycles. The first-order chi connectivity index (χ1) is 11.9. The molecule has 0 unspecified atom stereocenters. The van der Waals surface area contributed by atoms with Gasteiger partial charge in [-0.3, -0.25) is 14.4 Å². The van der Waals surface area contributed by atoms with Gasteiger partial charge in [0.15, 0.2) is 0 Å². The van der Waals surface area contributed by atoms with Gasteiger partial charge in [0.2, 0.25) is 11.8 Å². The number of hydrogen-bond donors (Lipinski definition) is 3. The van der Waals surface area contributed by atoms with Gasteiger partial charge in [-0.2, -0.15) is 0 Å². The van der Waals surface area contributed by atoms with Crippen molar-refractivity contribution in [1.29, 1.82) is 0 Å². The highest BCUT2D eigenvalue weighted by atomic mass is 16.5. The van der Waals surface area contributed by atoms with Gasteiger partial charge < -0.3 is 21.1 Å². The lowest BCUT2D eigenvalue weighted by atomic mass is 10.1. The summed E-state index contributed by atoms with van der Waals surface area (Å²) in [7, 11) is 0. The highest BCUT2D eigenvalue weighted by Crippen LogP contribution is 2.04. The van der Waals surface area contributed by atoms with Crippen molar-refractivity contribution in [3.8, 4) is 0 Å². The van der Waals surface area contributed by atoms with Gasteiger partial charge in [0.1, 0.15) is 12.6 Å². The molecule has 1 aromatic carbocycles. The fourth-order valence-electron chi connectivity index (χ4n) is 2.20. The van der Waals surface area contributed by atoms with E-state index >= 15 is 0 Å². The molecule has 0 saturated carbocycles. The van der Waals surface area contributed by atoms with Crippen LogP contribution in [0.2, 0.25) is 0 Å². The average molecular weight is 349 g/mol. The molecule has 1 atom stereocenters. The summed E-state index contributed by atoms with van der Waals surface area (Å²) < 4.78 is 4.98. The Morgan fingerprint density at radius 3 is 2.44 bits per heavy atom. The van der Waals surface area contributed by atoms with E-state index in [1.54, 1.807) is 19.1 Å². The molecule has 0 aliphatic carbocycles. The molecular weight excluding hydrogens is 322 g/mol. The summed E-state index contributed by atoms with van der Waals surface area (Å²) >= 11 is 0. The summed E-state index contributed by atoms with van der Waals surface area (Å²) in [5.41, 5.74) is 7.01. The van der Waals surface area contributed by atoms with Gasteiger partial charge in [-0.15, -0.1) is 0 Å². The maximum Gasteiger partial charge on any atom is 0.251 e. The number of amides is 3. The van der Waals surface area contributed by atoms with Gasteiger partial charge in [-0.25, -0.2) is 0 Å². The molecular formula is C18H27N3O4. The second-order valence-electron chi connectivity index (χ2n) is 5.78. The van der Waals surface area contributed by atoms with Crippen LogP contribution >= 0.6 is 0 Å². The van der Waals surface area contributed by atoms with E-state index in [0.717, 1.165) is 5.56 Å². The molecule has 0 aliphatic rings. The summed E-state index contributed by atoms with van der Waals surface area (Å²) in [6, 6.07) is 6.61. The Bertz CT molecular complexity index is 572. The third-order valence-corrected chi connectivity index (χ3v) is 3.63. The molecule has 7 heteroatoms. The van der Waals surface area contributed by atoms with Gasteiger partial charge in [0, 0.05) is 18.7 Å². The number of primary amides is 1. The Labute approximate surface area is 148 Å². The summed E-state index contributed by atoms with van der Waals surface area (Å²) in [5.74, 6) is -1.07. The van der Waals surface area contributed by atoms with Gasteiger partial charge >= 0.3 is 0 Å². The number of benzene rings is 1. The Kier molecular flexibility index (Phi) is 9.24. The number of hydrogen-bond acceptors (Lipinski definition) is 4. The number of carbonyl (C=O) groups excluding carboxylic acids is 3.